The largest absolute Gasteiger partial charge is 0.396 e. The van der Waals surface area contributed by atoms with Crippen molar-refractivity contribution in [3.05, 3.63) is 36.2 Å². The second-order valence-corrected chi connectivity index (χ2v) is 5.56. The minimum absolute atomic E-state index is 0.110. The van der Waals surface area contributed by atoms with Crippen LogP contribution in [0.15, 0.2) is 30.5 Å². The molecule has 0 saturated carbocycles. The number of aromatic nitrogens is 2. The van der Waals surface area contributed by atoms with Crippen molar-refractivity contribution in [2.24, 2.45) is 5.41 Å². The van der Waals surface area contributed by atoms with E-state index in [0.717, 1.165) is 5.52 Å². The number of nitrogens with zero attached hydrogens (tertiary/aromatic N) is 2. The molecule has 0 atom stereocenters. The maximum absolute atomic E-state index is 12.1. The third kappa shape index (κ3) is 3.51. The number of aliphatic hydroxyl groups is 1. The van der Waals surface area contributed by atoms with Gasteiger partial charge in [-0.15, -0.1) is 0 Å². The zero-order chi connectivity index (χ0) is 14.6. The molecular weight excluding hydrogens is 254 g/mol. The van der Waals surface area contributed by atoms with Gasteiger partial charge in [0.2, 0.25) is 0 Å². The number of rotatable bonds is 5. The fourth-order valence-corrected chi connectivity index (χ4v) is 1.87. The second kappa shape index (κ2) is 5.96. The van der Waals surface area contributed by atoms with Crippen LogP contribution >= 0.6 is 0 Å². The Morgan fingerprint density at radius 3 is 2.70 bits per heavy atom. The number of fused-ring (bicyclic) bond motifs is 1. The van der Waals surface area contributed by atoms with Crippen LogP contribution in [0.25, 0.3) is 11.0 Å². The first-order valence-electron chi connectivity index (χ1n) is 6.63. The Morgan fingerprint density at radius 2 is 2.00 bits per heavy atom. The SMILES string of the molecule is CC(C)(CCO)CNC(=O)c1cnc2ccccc2n1. The number of benzene rings is 1. The molecule has 0 aliphatic carbocycles. The number of amides is 1. The van der Waals surface area contributed by atoms with Crippen LogP contribution < -0.4 is 5.32 Å². The summed E-state index contributed by atoms with van der Waals surface area (Å²) in [6.07, 6.45) is 2.12. The molecule has 0 spiro atoms. The summed E-state index contributed by atoms with van der Waals surface area (Å²) in [5.41, 5.74) is 1.64. The summed E-state index contributed by atoms with van der Waals surface area (Å²) in [5, 5.41) is 11.8. The van der Waals surface area contributed by atoms with Gasteiger partial charge in [-0.2, -0.15) is 0 Å². The van der Waals surface area contributed by atoms with E-state index in [9.17, 15) is 4.79 Å². The van der Waals surface area contributed by atoms with Gasteiger partial charge in [-0.3, -0.25) is 9.78 Å². The maximum Gasteiger partial charge on any atom is 0.271 e. The smallest absolute Gasteiger partial charge is 0.271 e. The minimum Gasteiger partial charge on any atom is -0.396 e. The van der Waals surface area contributed by atoms with Crippen LogP contribution in [-0.2, 0) is 0 Å². The fourth-order valence-electron chi connectivity index (χ4n) is 1.87. The van der Waals surface area contributed by atoms with Crippen LogP contribution in [0.5, 0.6) is 0 Å². The van der Waals surface area contributed by atoms with Gasteiger partial charge in [0.25, 0.3) is 5.91 Å². The van der Waals surface area contributed by atoms with Crippen molar-refractivity contribution >= 4 is 16.9 Å². The number of nitrogens with one attached hydrogen (secondary N) is 1. The first-order chi connectivity index (χ1) is 9.52. The topological polar surface area (TPSA) is 75.1 Å². The molecule has 2 rings (SSSR count). The second-order valence-electron chi connectivity index (χ2n) is 5.56. The third-order valence-corrected chi connectivity index (χ3v) is 3.20. The summed E-state index contributed by atoms with van der Waals surface area (Å²) < 4.78 is 0. The van der Waals surface area contributed by atoms with Crippen LogP contribution in [0.3, 0.4) is 0 Å². The molecule has 0 fully saturated rings. The zero-order valence-electron chi connectivity index (χ0n) is 11.8. The number of carbonyl (C=O) groups is 1. The highest BCUT2D eigenvalue weighted by atomic mass is 16.3. The average Bonchev–Trinajstić information content (AvgIpc) is 2.44. The molecule has 0 bridgehead atoms. The fraction of sp³-hybridized carbons (Fsp3) is 0.400. The minimum atomic E-state index is -0.241. The summed E-state index contributed by atoms with van der Waals surface area (Å²) in [6.45, 7) is 4.59. The third-order valence-electron chi connectivity index (χ3n) is 3.20. The first kappa shape index (κ1) is 14.4. The van der Waals surface area contributed by atoms with E-state index in [-0.39, 0.29) is 17.9 Å². The molecule has 0 aliphatic rings. The van der Waals surface area contributed by atoms with Crippen LogP contribution in [0.2, 0.25) is 0 Å². The Hall–Kier alpha value is -2.01. The van der Waals surface area contributed by atoms with E-state index < -0.39 is 0 Å². The highest BCUT2D eigenvalue weighted by Gasteiger charge is 2.19. The van der Waals surface area contributed by atoms with Crippen LogP contribution in [0, 0.1) is 5.41 Å². The molecule has 1 heterocycles. The average molecular weight is 273 g/mol. The molecule has 1 amide bonds. The summed E-state index contributed by atoms with van der Waals surface area (Å²) in [6, 6.07) is 7.43. The number of para-hydroxylation sites is 2. The van der Waals surface area contributed by atoms with Gasteiger partial charge in [0.15, 0.2) is 0 Å². The Labute approximate surface area is 118 Å². The Morgan fingerprint density at radius 1 is 1.30 bits per heavy atom. The van der Waals surface area contributed by atoms with Crippen molar-refractivity contribution in [1.29, 1.82) is 0 Å². The van der Waals surface area contributed by atoms with E-state index in [1.807, 2.05) is 38.1 Å². The van der Waals surface area contributed by atoms with Crippen LogP contribution in [0.4, 0.5) is 0 Å². The van der Waals surface area contributed by atoms with Gasteiger partial charge in [0.05, 0.1) is 17.2 Å². The summed E-state index contributed by atoms with van der Waals surface area (Å²) in [7, 11) is 0. The molecule has 0 aliphatic heterocycles. The molecule has 2 aromatic rings. The molecule has 0 radical (unpaired) electrons. The lowest BCUT2D eigenvalue weighted by Gasteiger charge is -2.23. The number of aliphatic hydroxyl groups excluding tert-OH is 1. The highest BCUT2D eigenvalue weighted by Crippen LogP contribution is 2.18. The van der Waals surface area contributed by atoms with Crippen molar-refractivity contribution < 1.29 is 9.90 Å². The van der Waals surface area contributed by atoms with Crippen molar-refractivity contribution in [3.8, 4) is 0 Å². The van der Waals surface area contributed by atoms with Gasteiger partial charge in [0, 0.05) is 13.2 Å². The van der Waals surface area contributed by atoms with Crippen LogP contribution in [0.1, 0.15) is 30.8 Å². The standard InChI is InChI=1S/C15H19N3O2/c1-15(2,7-8-19)10-17-14(20)13-9-16-11-5-3-4-6-12(11)18-13/h3-6,9,19H,7-8,10H2,1-2H3,(H,17,20). The quantitative estimate of drug-likeness (QED) is 0.870. The molecule has 0 saturated heterocycles. The van der Waals surface area contributed by atoms with Crippen molar-refractivity contribution in [2.75, 3.05) is 13.2 Å². The van der Waals surface area contributed by atoms with E-state index in [4.69, 9.17) is 5.11 Å². The van der Waals surface area contributed by atoms with Gasteiger partial charge >= 0.3 is 0 Å². The van der Waals surface area contributed by atoms with Gasteiger partial charge in [0.1, 0.15) is 5.69 Å². The molecular formula is C15H19N3O2. The Bertz CT molecular complexity index is 611. The number of hydrogen-bond acceptors (Lipinski definition) is 4. The lowest BCUT2D eigenvalue weighted by Crippen LogP contribution is -2.35. The normalized spacial score (nSPS) is 11.6. The van der Waals surface area contributed by atoms with Gasteiger partial charge in [-0.05, 0) is 24.0 Å². The molecule has 2 N–H and O–H groups in total. The highest BCUT2D eigenvalue weighted by molar-refractivity contribution is 5.93. The summed E-state index contributed by atoms with van der Waals surface area (Å²) in [5.74, 6) is -0.241. The molecule has 0 unspecified atom stereocenters. The molecule has 1 aromatic carbocycles. The van der Waals surface area contributed by atoms with Gasteiger partial charge in [-0.1, -0.05) is 26.0 Å². The monoisotopic (exact) mass is 273 g/mol. The molecule has 1 aromatic heterocycles. The van der Waals surface area contributed by atoms with Crippen LogP contribution in [-0.4, -0.2) is 34.1 Å². The number of carbonyl (C=O) groups excluding carboxylic acids is 1. The predicted octanol–water partition coefficient (Wildman–Crippen LogP) is 1.77. The van der Waals surface area contributed by atoms with E-state index in [1.54, 1.807) is 0 Å². The van der Waals surface area contributed by atoms with Gasteiger partial charge in [-0.25, -0.2) is 4.98 Å². The molecule has 20 heavy (non-hydrogen) atoms. The lowest BCUT2D eigenvalue weighted by molar-refractivity contribution is 0.0923. The summed E-state index contributed by atoms with van der Waals surface area (Å²) in [4.78, 5) is 20.6. The lowest BCUT2D eigenvalue weighted by atomic mass is 9.90. The van der Waals surface area contributed by atoms with E-state index in [2.05, 4.69) is 15.3 Å². The van der Waals surface area contributed by atoms with Crippen molar-refractivity contribution in [3.63, 3.8) is 0 Å². The van der Waals surface area contributed by atoms with Crippen molar-refractivity contribution in [1.82, 2.24) is 15.3 Å². The predicted molar refractivity (Wildman–Crippen MR) is 77.4 cm³/mol. The van der Waals surface area contributed by atoms with Gasteiger partial charge < -0.3 is 10.4 Å². The zero-order valence-corrected chi connectivity index (χ0v) is 11.8. The molecule has 106 valence electrons. The van der Waals surface area contributed by atoms with E-state index in [0.29, 0.717) is 24.2 Å². The Kier molecular flexibility index (Phi) is 4.29. The summed E-state index contributed by atoms with van der Waals surface area (Å²) >= 11 is 0. The number of hydrogen-bond donors (Lipinski definition) is 2. The first-order valence-corrected chi connectivity index (χ1v) is 6.63. The Balaban J connectivity index is 2.08. The molecule has 5 heteroatoms. The molecule has 5 nitrogen and oxygen atoms in total. The van der Waals surface area contributed by atoms with E-state index in [1.165, 1.54) is 6.20 Å². The van der Waals surface area contributed by atoms with E-state index >= 15 is 0 Å². The van der Waals surface area contributed by atoms with Crippen molar-refractivity contribution in [2.45, 2.75) is 20.3 Å². The maximum atomic E-state index is 12.1.